The van der Waals surface area contributed by atoms with Crippen molar-refractivity contribution in [3.8, 4) is 0 Å². The van der Waals surface area contributed by atoms with Gasteiger partial charge in [0.25, 0.3) is 0 Å². The summed E-state index contributed by atoms with van der Waals surface area (Å²) in [5.41, 5.74) is 2.63. The van der Waals surface area contributed by atoms with Gasteiger partial charge >= 0.3 is 5.97 Å². The number of hydrogen-bond acceptors (Lipinski definition) is 3. The number of carboxylic acids is 1. The number of benzene rings is 1. The SMILES string of the molecule is Cc1nn(C)cc1CNc1cc(Cl)ccc1C(=O)O. The van der Waals surface area contributed by atoms with E-state index in [1.54, 1.807) is 16.8 Å². The smallest absolute Gasteiger partial charge is 0.337 e. The number of aromatic nitrogens is 2. The molecule has 0 radical (unpaired) electrons. The molecule has 0 spiro atoms. The highest BCUT2D eigenvalue weighted by Gasteiger charge is 2.11. The summed E-state index contributed by atoms with van der Waals surface area (Å²) >= 11 is 5.89. The maximum absolute atomic E-state index is 11.1. The minimum absolute atomic E-state index is 0.200. The fourth-order valence-electron chi connectivity index (χ4n) is 1.86. The Balaban J connectivity index is 2.21. The largest absolute Gasteiger partial charge is 0.478 e. The van der Waals surface area contributed by atoms with E-state index >= 15 is 0 Å². The van der Waals surface area contributed by atoms with Gasteiger partial charge in [-0.2, -0.15) is 5.10 Å². The summed E-state index contributed by atoms with van der Waals surface area (Å²) in [6.45, 7) is 2.41. The Morgan fingerprint density at radius 1 is 1.53 bits per heavy atom. The fourth-order valence-corrected chi connectivity index (χ4v) is 2.03. The molecule has 0 fully saturated rings. The van der Waals surface area contributed by atoms with E-state index in [0.29, 0.717) is 17.3 Å². The summed E-state index contributed by atoms with van der Waals surface area (Å²) in [7, 11) is 1.85. The van der Waals surface area contributed by atoms with Crippen LogP contribution in [0.1, 0.15) is 21.6 Å². The molecule has 0 atom stereocenters. The van der Waals surface area contributed by atoms with Crippen LogP contribution in [0.3, 0.4) is 0 Å². The number of carbonyl (C=O) groups is 1. The molecular weight excluding hydrogens is 266 g/mol. The summed E-state index contributed by atoms with van der Waals surface area (Å²) in [6, 6.07) is 4.66. The lowest BCUT2D eigenvalue weighted by molar-refractivity contribution is 0.0698. The molecule has 0 amide bonds. The molecule has 0 bridgehead atoms. The van der Waals surface area contributed by atoms with E-state index in [0.717, 1.165) is 11.3 Å². The maximum Gasteiger partial charge on any atom is 0.337 e. The van der Waals surface area contributed by atoms with Crippen LogP contribution in [0.25, 0.3) is 0 Å². The first-order chi connectivity index (χ1) is 8.97. The van der Waals surface area contributed by atoms with Crippen molar-refractivity contribution in [1.29, 1.82) is 0 Å². The summed E-state index contributed by atoms with van der Waals surface area (Å²) in [4.78, 5) is 11.1. The van der Waals surface area contributed by atoms with Gasteiger partial charge in [0, 0.05) is 30.4 Å². The van der Waals surface area contributed by atoms with Gasteiger partial charge in [-0.25, -0.2) is 4.79 Å². The van der Waals surface area contributed by atoms with Gasteiger partial charge in [0.15, 0.2) is 0 Å². The average molecular weight is 280 g/mol. The molecular formula is C13H14ClN3O2. The highest BCUT2D eigenvalue weighted by Crippen LogP contribution is 2.22. The van der Waals surface area contributed by atoms with Crippen LogP contribution in [-0.2, 0) is 13.6 Å². The molecule has 0 saturated carbocycles. The van der Waals surface area contributed by atoms with E-state index in [4.69, 9.17) is 16.7 Å². The fraction of sp³-hybridized carbons (Fsp3) is 0.231. The zero-order chi connectivity index (χ0) is 14.0. The van der Waals surface area contributed by atoms with Gasteiger partial charge < -0.3 is 10.4 Å². The second-order valence-corrected chi connectivity index (χ2v) is 4.70. The molecule has 2 N–H and O–H groups in total. The predicted octanol–water partition coefficient (Wildman–Crippen LogP) is 2.69. The first-order valence-electron chi connectivity index (χ1n) is 5.73. The van der Waals surface area contributed by atoms with Crippen molar-refractivity contribution in [1.82, 2.24) is 9.78 Å². The van der Waals surface area contributed by atoms with E-state index < -0.39 is 5.97 Å². The van der Waals surface area contributed by atoms with Crippen LogP contribution in [0.15, 0.2) is 24.4 Å². The highest BCUT2D eigenvalue weighted by atomic mass is 35.5. The molecule has 0 saturated heterocycles. The lowest BCUT2D eigenvalue weighted by atomic mass is 10.1. The number of hydrogen-bond donors (Lipinski definition) is 2. The topological polar surface area (TPSA) is 67.2 Å². The van der Waals surface area contributed by atoms with Gasteiger partial charge in [-0.1, -0.05) is 11.6 Å². The van der Waals surface area contributed by atoms with Crippen molar-refractivity contribution < 1.29 is 9.90 Å². The molecule has 5 nitrogen and oxygen atoms in total. The molecule has 0 aliphatic heterocycles. The number of aromatic carboxylic acids is 1. The van der Waals surface area contributed by atoms with Gasteiger partial charge in [0.05, 0.1) is 16.9 Å². The Morgan fingerprint density at radius 2 is 2.26 bits per heavy atom. The monoisotopic (exact) mass is 279 g/mol. The van der Waals surface area contributed by atoms with Crippen molar-refractivity contribution in [2.24, 2.45) is 7.05 Å². The number of anilines is 1. The molecule has 0 aliphatic rings. The van der Waals surface area contributed by atoms with E-state index in [2.05, 4.69) is 10.4 Å². The molecule has 0 unspecified atom stereocenters. The van der Waals surface area contributed by atoms with Crippen LogP contribution in [0.2, 0.25) is 5.02 Å². The van der Waals surface area contributed by atoms with Gasteiger partial charge in [-0.05, 0) is 25.1 Å². The molecule has 2 aromatic rings. The van der Waals surface area contributed by atoms with E-state index in [1.165, 1.54) is 6.07 Å². The van der Waals surface area contributed by atoms with Crippen LogP contribution in [0.5, 0.6) is 0 Å². The Kier molecular flexibility index (Phi) is 3.76. The van der Waals surface area contributed by atoms with Crippen LogP contribution in [0.4, 0.5) is 5.69 Å². The first-order valence-corrected chi connectivity index (χ1v) is 6.11. The summed E-state index contributed by atoms with van der Waals surface area (Å²) in [5.74, 6) is -0.984. The molecule has 1 aromatic heterocycles. The minimum Gasteiger partial charge on any atom is -0.478 e. The van der Waals surface area contributed by atoms with E-state index in [9.17, 15) is 4.79 Å². The van der Waals surface area contributed by atoms with Gasteiger partial charge in [0.1, 0.15) is 0 Å². The predicted molar refractivity (Wildman–Crippen MR) is 73.7 cm³/mol. The third kappa shape index (κ3) is 3.06. The summed E-state index contributed by atoms with van der Waals surface area (Å²) in [5, 5.41) is 16.9. The third-order valence-electron chi connectivity index (χ3n) is 2.80. The molecule has 19 heavy (non-hydrogen) atoms. The Labute approximate surface area is 115 Å². The van der Waals surface area contributed by atoms with E-state index in [1.807, 2.05) is 20.2 Å². The standard InChI is InChI=1S/C13H14ClN3O2/c1-8-9(7-17(2)16-8)6-15-12-5-10(14)3-4-11(12)13(18)19/h3-5,7,15H,6H2,1-2H3,(H,18,19). The second-order valence-electron chi connectivity index (χ2n) is 4.26. The number of nitrogens with one attached hydrogen (secondary N) is 1. The molecule has 1 aromatic carbocycles. The second kappa shape index (κ2) is 5.32. The molecule has 2 rings (SSSR count). The number of nitrogens with zero attached hydrogens (tertiary/aromatic N) is 2. The number of aryl methyl sites for hydroxylation is 2. The minimum atomic E-state index is -0.984. The number of rotatable bonds is 4. The zero-order valence-corrected chi connectivity index (χ0v) is 11.4. The first kappa shape index (κ1) is 13.4. The van der Waals surface area contributed by atoms with Gasteiger partial charge in [-0.3, -0.25) is 4.68 Å². The number of halogens is 1. The van der Waals surface area contributed by atoms with Crippen LogP contribution < -0.4 is 5.32 Å². The average Bonchev–Trinajstić information content (AvgIpc) is 2.65. The molecule has 1 heterocycles. The Morgan fingerprint density at radius 3 is 2.84 bits per heavy atom. The normalized spacial score (nSPS) is 10.5. The number of carboxylic acid groups (broad SMARTS) is 1. The van der Waals surface area contributed by atoms with Crippen LogP contribution in [0, 0.1) is 6.92 Å². The van der Waals surface area contributed by atoms with Crippen molar-refractivity contribution in [3.63, 3.8) is 0 Å². The van der Waals surface area contributed by atoms with Gasteiger partial charge in [0.2, 0.25) is 0 Å². The lowest BCUT2D eigenvalue weighted by Crippen LogP contribution is -2.06. The van der Waals surface area contributed by atoms with Crippen molar-refractivity contribution in [3.05, 3.63) is 46.2 Å². The molecule has 0 aliphatic carbocycles. The third-order valence-corrected chi connectivity index (χ3v) is 3.03. The van der Waals surface area contributed by atoms with Crippen molar-refractivity contribution in [2.45, 2.75) is 13.5 Å². The van der Waals surface area contributed by atoms with E-state index in [-0.39, 0.29) is 5.56 Å². The summed E-state index contributed by atoms with van der Waals surface area (Å²) in [6.07, 6.45) is 1.90. The Bertz CT molecular complexity index is 622. The lowest BCUT2D eigenvalue weighted by Gasteiger charge is -2.09. The van der Waals surface area contributed by atoms with Crippen LogP contribution >= 0.6 is 11.6 Å². The highest BCUT2D eigenvalue weighted by molar-refractivity contribution is 6.31. The van der Waals surface area contributed by atoms with Crippen molar-refractivity contribution >= 4 is 23.3 Å². The van der Waals surface area contributed by atoms with Crippen LogP contribution in [-0.4, -0.2) is 20.9 Å². The maximum atomic E-state index is 11.1. The van der Waals surface area contributed by atoms with Gasteiger partial charge in [-0.15, -0.1) is 0 Å². The molecule has 100 valence electrons. The quantitative estimate of drug-likeness (QED) is 0.903. The Hall–Kier alpha value is -2.01. The molecule has 6 heteroatoms. The van der Waals surface area contributed by atoms with Crippen molar-refractivity contribution in [2.75, 3.05) is 5.32 Å². The summed E-state index contributed by atoms with van der Waals surface area (Å²) < 4.78 is 1.72. The zero-order valence-electron chi connectivity index (χ0n) is 10.6.